The van der Waals surface area contributed by atoms with Crippen LogP contribution in [0.3, 0.4) is 0 Å². The number of carbonyl (C=O) groups is 14. The summed E-state index contributed by atoms with van der Waals surface area (Å²) in [4.78, 5) is 179. The van der Waals surface area contributed by atoms with Gasteiger partial charge in [0.2, 0.25) is 0 Å². The van der Waals surface area contributed by atoms with E-state index in [0.717, 1.165) is 19.3 Å². The van der Waals surface area contributed by atoms with E-state index < -0.39 is 170 Å². The summed E-state index contributed by atoms with van der Waals surface area (Å²) in [6.45, 7) is 16.7. The number of carboxylic acid groups (broad SMARTS) is 1. The Morgan fingerprint density at radius 3 is 1.43 bits per heavy atom. The number of rotatable bonds is 12. The molecule has 26 heteroatoms. The Bertz CT molecular complexity index is 3260. The monoisotopic (exact) mass is 1340 g/mol. The van der Waals surface area contributed by atoms with Gasteiger partial charge in [-0.2, -0.15) is 0 Å². The third-order valence-corrected chi connectivity index (χ3v) is 23.8. The quantitative estimate of drug-likeness (QED) is 0.132. The van der Waals surface area contributed by atoms with Crippen LogP contribution in [0.15, 0.2) is 23.0 Å². The van der Waals surface area contributed by atoms with Gasteiger partial charge in [-0.25, -0.2) is 0 Å². The molecule has 6 saturated carbocycles. The smallest absolute Gasteiger partial charge is 0.317 e. The molecule has 22 atom stereocenters. The summed E-state index contributed by atoms with van der Waals surface area (Å²) >= 11 is 0. The third-order valence-electron chi connectivity index (χ3n) is 23.8. The van der Waals surface area contributed by atoms with E-state index in [1.807, 2.05) is 13.8 Å². The standard InChI is InChI=1S/C23H30O9.C23H26O9.C23H34O8.2H2/c2*1-11(24)31-15-7-13(20(27)29-4)22(2)8-14(25)17-21(28)32-16(12-5-6-30-10-12)9-23(17,3)19(22)18(15)26;1-13(24)31-17-11-16(21(28)29-4)23(3)9-6-15(20(26)27)22(2,19(23)18(17)25)8-5-14-7-10-30-12-14;;/h12-13,15-17,19H,5-10H2,1-4H3;5-6,10,13,15-17,19H,7-9H2,1-4H3;14-17,19H,5-12H2,1-4H3,(H,26,27);2*1H/t12?,13-,15-,16-,17?,19?,22-,23-;13-,15-,16-,17?,19?,22-,23-;14?,15?,16-,17-,19?,22-,23-;;/m000../s1. The van der Waals surface area contributed by atoms with Gasteiger partial charge in [-0.05, 0) is 85.0 Å². The van der Waals surface area contributed by atoms with Crippen LogP contribution in [0, 0.1) is 97.6 Å². The molecule has 11 rings (SSSR count). The van der Waals surface area contributed by atoms with E-state index in [1.54, 1.807) is 33.8 Å². The Morgan fingerprint density at radius 2 is 1.01 bits per heavy atom. The first-order valence-corrected chi connectivity index (χ1v) is 32.8. The number of hydrogen-bond acceptors (Lipinski definition) is 25. The van der Waals surface area contributed by atoms with E-state index in [0.29, 0.717) is 63.6 Å². The van der Waals surface area contributed by atoms with Crippen molar-refractivity contribution in [1.29, 1.82) is 0 Å². The van der Waals surface area contributed by atoms with Crippen LogP contribution in [0.25, 0.3) is 0 Å². The summed E-state index contributed by atoms with van der Waals surface area (Å²) in [5.41, 5.74) is -5.39. The fourth-order valence-electron chi connectivity index (χ4n) is 19.8. The molecule has 0 bridgehead atoms. The summed E-state index contributed by atoms with van der Waals surface area (Å²) in [6, 6.07) is 1.66. The molecule has 1 N–H and O–H groups in total. The first kappa shape index (κ1) is 72.1. The zero-order valence-corrected chi connectivity index (χ0v) is 56.1. The van der Waals surface area contributed by atoms with E-state index in [1.165, 1.54) is 54.6 Å². The highest BCUT2D eigenvalue weighted by molar-refractivity contribution is 6.06. The van der Waals surface area contributed by atoms with Crippen LogP contribution in [0.5, 0.6) is 0 Å². The average molecular weight is 1340 g/mol. The number of methoxy groups -OCH3 is 3. The van der Waals surface area contributed by atoms with Gasteiger partial charge in [0.1, 0.15) is 35.6 Å². The second-order valence-corrected chi connectivity index (χ2v) is 29.6. The van der Waals surface area contributed by atoms with E-state index >= 15 is 0 Å². The SMILES string of the molecule is COC(=O)[C@@H]1C[C@H](OC(C)=O)C(=O)C2[C@@](C)(CCC3CCOC3)C(C(=O)O)CC[C@]21C.COC(=O)[C@@H]1C[C@H](OC(C)=O)C(=O)C2[C@@]3(C)C[C@@H](C4CCOC4)OC(=O)C3C(=O)C[C@]21C.COC(=O)[C@@H]1C[C@H](OC(C)=O)C(=O)C2[C@@]3(C)C[C@@H](c4ccoc4)OC(=O)C3C(=O)C[C@]21C.[HH].[HH]. The van der Waals surface area contributed by atoms with Crippen molar-refractivity contribution in [2.45, 2.75) is 176 Å². The second-order valence-electron chi connectivity index (χ2n) is 29.6. The minimum atomic E-state index is -1.16. The van der Waals surface area contributed by atoms with Crippen molar-refractivity contribution in [3.8, 4) is 0 Å². The zero-order valence-electron chi connectivity index (χ0n) is 56.1. The molecule has 0 radical (unpaired) electrons. The number of aliphatic carboxylic acids is 1. The summed E-state index contributed by atoms with van der Waals surface area (Å²) in [5.74, 6) is -14.9. The molecule has 0 spiro atoms. The molecule has 95 heavy (non-hydrogen) atoms. The van der Waals surface area contributed by atoms with Crippen molar-refractivity contribution in [2.75, 3.05) is 47.8 Å². The highest BCUT2D eigenvalue weighted by atomic mass is 16.6. The van der Waals surface area contributed by atoms with Gasteiger partial charge in [-0.15, -0.1) is 0 Å². The van der Waals surface area contributed by atoms with Crippen LogP contribution in [-0.2, 0) is 114 Å². The predicted molar refractivity (Wildman–Crippen MR) is 326 cm³/mol. The minimum absolute atomic E-state index is 0. The summed E-state index contributed by atoms with van der Waals surface area (Å²) < 4.78 is 58.3. The molecule has 26 nitrogen and oxygen atoms in total. The summed E-state index contributed by atoms with van der Waals surface area (Å²) in [7, 11) is 3.79. The lowest BCUT2D eigenvalue weighted by molar-refractivity contribution is -0.211. The number of carbonyl (C=O) groups excluding carboxylic acids is 13. The number of ether oxygens (including phenoxy) is 10. The van der Waals surface area contributed by atoms with Crippen LogP contribution in [0.2, 0.25) is 0 Å². The highest BCUT2D eigenvalue weighted by Gasteiger charge is 2.73. The molecular formula is C69H94O26. The largest absolute Gasteiger partial charge is 0.481 e. The molecule has 10 aliphatic rings. The summed E-state index contributed by atoms with van der Waals surface area (Å²) in [6.07, 6.45) is 2.25. The Hall–Kier alpha value is -7.22. The number of fused-ring (bicyclic) bond motifs is 7. The molecular weight excluding hydrogens is 1240 g/mol. The van der Waals surface area contributed by atoms with Crippen LogP contribution in [0.1, 0.15) is 160 Å². The molecule has 6 aliphatic carbocycles. The fourth-order valence-corrected chi connectivity index (χ4v) is 19.8. The lowest BCUT2D eigenvalue weighted by atomic mass is 9.42. The number of Topliss-reactive ketones (excluding diaryl/α,β-unsaturated/α-hetero) is 5. The fraction of sp³-hybridized carbons (Fsp3) is 0.739. The van der Waals surface area contributed by atoms with Crippen LogP contribution in [0.4, 0.5) is 0 Å². The maximum atomic E-state index is 13.7. The molecule has 1 aromatic heterocycles. The van der Waals surface area contributed by atoms with Crippen molar-refractivity contribution in [3.63, 3.8) is 0 Å². The van der Waals surface area contributed by atoms with Gasteiger partial charge in [-0.3, -0.25) is 67.1 Å². The van der Waals surface area contributed by atoms with Crippen molar-refractivity contribution in [1.82, 2.24) is 0 Å². The molecule has 0 amide bonds. The lowest BCUT2D eigenvalue weighted by Crippen LogP contribution is -2.68. The van der Waals surface area contributed by atoms with Gasteiger partial charge in [0.05, 0.1) is 64.1 Å². The predicted octanol–water partition coefficient (Wildman–Crippen LogP) is 6.54. The summed E-state index contributed by atoms with van der Waals surface area (Å²) in [5, 5.41) is 10.0. The number of carboxylic acids is 1. The van der Waals surface area contributed by atoms with Gasteiger partial charge in [0.15, 0.2) is 35.7 Å². The molecule has 0 aromatic carbocycles. The van der Waals surface area contributed by atoms with E-state index in [4.69, 9.17) is 51.8 Å². The molecule has 4 aliphatic heterocycles. The second kappa shape index (κ2) is 27.4. The Kier molecular flexibility index (Phi) is 20.8. The lowest BCUT2D eigenvalue weighted by Gasteiger charge is -2.60. The molecule has 8 unspecified atom stereocenters. The molecule has 4 saturated heterocycles. The number of esters is 8. The molecule has 10 fully saturated rings. The maximum Gasteiger partial charge on any atom is 0.317 e. The van der Waals surface area contributed by atoms with Gasteiger partial charge >= 0.3 is 53.7 Å². The maximum absolute atomic E-state index is 13.7. The van der Waals surface area contributed by atoms with E-state index in [-0.39, 0.29) is 76.2 Å². The number of ketones is 5. The van der Waals surface area contributed by atoms with Gasteiger partial charge < -0.3 is 56.9 Å². The van der Waals surface area contributed by atoms with Crippen LogP contribution in [-0.4, -0.2) is 160 Å². The molecule has 1 aromatic rings. The number of furan rings is 1. The molecule has 5 heterocycles. The van der Waals surface area contributed by atoms with Crippen LogP contribution >= 0.6 is 0 Å². The van der Waals surface area contributed by atoms with Crippen molar-refractivity contribution in [3.05, 3.63) is 24.2 Å². The number of hydrogen-bond donors (Lipinski definition) is 1. The van der Waals surface area contributed by atoms with Crippen molar-refractivity contribution in [2.24, 2.45) is 97.6 Å². The number of cyclic esters (lactones) is 2. The van der Waals surface area contributed by atoms with E-state index in [9.17, 15) is 72.2 Å². The van der Waals surface area contributed by atoms with Crippen LogP contribution < -0.4 is 0 Å². The van der Waals surface area contributed by atoms with Gasteiger partial charge in [0, 0.05) is 116 Å². The first-order valence-electron chi connectivity index (χ1n) is 32.8. The Morgan fingerprint density at radius 1 is 0.558 bits per heavy atom. The zero-order chi connectivity index (χ0) is 69.8. The van der Waals surface area contributed by atoms with Crippen molar-refractivity contribution < 1.29 is 127 Å². The van der Waals surface area contributed by atoms with E-state index in [2.05, 4.69) is 0 Å². The highest BCUT2D eigenvalue weighted by Crippen LogP contribution is 2.67. The average Bonchev–Trinajstić information content (AvgIpc) is 0.953. The topological polar surface area (TPSA) is 365 Å². The normalized spacial score (nSPS) is 40.9. The molecule has 526 valence electrons. The Labute approximate surface area is 553 Å². The van der Waals surface area contributed by atoms with Gasteiger partial charge in [0.25, 0.3) is 0 Å². The third kappa shape index (κ3) is 12.9. The minimum Gasteiger partial charge on any atom is -0.481 e. The van der Waals surface area contributed by atoms with Gasteiger partial charge in [-0.1, -0.05) is 41.5 Å². The Balaban J connectivity index is 0.000000203. The van der Waals surface area contributed by atoms with Crippen molar-refractivity contribution >= 4 is 82.6 Å². The first-order chi connectivity index (χ1) is 44.6.